The first-order valence-corrected chi connectivity index (χ1v) is 6.90. The molecule has 20 heavy (non-hydrogen) atoms. The van der Waals surface area contributed by atoms with Gasteiger partial charge in [0.1, 0.15) is 11.3 Å². The van der Waals surface area contributed by atoms with E-state index in [1.54, 1.807) is 0 Å². The number of aryl methyl sites for hydroxylation is 1. The molecule has 1 aromatic heterocycles. The monoisotopic (exact) mass is 269 g/mol. The van der Waals surface area contributed by atoms with Gasteiger partial charge in [-0.05, 0) is 31.9 Å². The number of pyridine rings is 1. The normalized spacial score (nSPS) is 16.1. The minimum absolute atomic E-state index is 0.0812. The van der Waals surface area contributed by atoms with Crippen LogP contribution in [0.15, 0.2) is 30.3 Å². The fourth-order valence-electron chi connectivity index (χ4n) is 2.52. The van der Waals surface area contributed by atoms with Gasteiger partial charge in [0.25, 0.3) is 0 Å². The van der Waals surface area contributed by atoms with E-state index in [9.17, 15) is 0 Å². The van der Waals surface area contributed by atoms with Crippen molar-refractivity contribution >= 4 is 16.7 Å². The molecule has 0 unspecified atom stereocenters. The van der Waals surface area contributed by atoms with Gasteiger partial charge in [-0.1, -0.05) is 18.2 Å². The van der Waals surface area contributed by atoms with Gasteiger partial charge in [-0.15, -0.1) is 0 Å². The van der Waals surface area contributed by atoms with Crippen LogP contribution in [0.25, 0.3) is 10.9 Å². The maximum Gasteiger partial charge on any atom is 0.145 e. The number of nitrogens with zero attached hydrogens (tertiary/aromatic N) is 1. The highest BCUT2D eigenvalue weighted by atomic mass is 16.5. The fraction of sp³-hybridized carbons (Fsp3) is 0.375. The largest absolute Gasteiger partial charge is 0.491 e. The second kappa shape index (κ2) is 4.78. The third kappa shape index (κ3) is 2.59. The van der Waals surface area contributed by atoms with E-state index in [0.29, 0.717) is 13.0 Å². The molecule has 0 atom stereocenters. The number of nitrogens with one attached hydrogen (secondary N) is 1. The molecule has 1 saturated carbocycles. The summed E-state index contributed by atoms with van der Waals surface area (Å²) in [5.74, 6) is 1.07. The molecule has 1 aromatic carbocycles. The van der Waals surface area contributed by atoms with Crippen molar-refractivity contribution in [1.29, 1.82) is 5.41 Å². The molecule has 1 aliphatic carbocycles. The molecule has 4 nitrogen and oxygen atoms in total. The first-order valence-electron chi connectivity index (χ1n) is 6.90. The zero-order valence-corrected chi connectivity index (χ0v) is 11.6. The second-order valence-corrected chi connectivity index (χ2v) is 5.77. The van der Waals surface area contributed by atoms with Gasteiger partial charge in [0.05, 0.1) is 12.4 Å². The molecule has 1 aliphatic rings. The summed E-state index contributed by atoms with van der Waals surface area (Å²) in [6, 6.07) is 10.0. The minimum atomic E-state index is 0.0812. The Balaban J connectivity index is 1.81. The summed E-state index contributed by atoms with van der Waals surface area (Å²) in [5.41, 5.74) is 7.49. The van der Waals surface area contributed by atoms with Gasteiger partial charge in [0.2, 0.25) is 0 Å². The van der Waals surface area contributed by atoms with Crippen molar-refractivity contribution in [2.75, 3.05) is 6.61 Å². The summed E-state index contributed by atoms with van der Waals surface area (Å²) in [6.45, 7) is 2.59. The van der Waals surface area contributed by atoms with E-state index in [1.165, 1.54) is 0 Å². The van der Waals surface area contributed by atoms with Crippen LogP contribution in [0, 0.1) is 17.7 Å². The Kier molecular flexibility index (Phi) is 3.08. The summed E-state index contributed by atoms with van der Waals surface area (Å²) in [7, 11) is 0. The predicted octanol–water partition coefficient (Wildman–Crippen LogP) is 3.03. The number of benzene rings is 1. The van der Waals surface area contributed by atoms with E-state index in [0.717, 1.165) is 35.2 Å². The van der Waals surface area contributed by atoms with E-state index in [-0.39, 0.29) is 11.3 Å². The lowest BCUT2D eigenvalue weighted by atomic mass is 10.0. The number of rotatable bonds is 5. The predicted molar refractivity (Wildman–Crippen MR) is 80.2 cm³/mol. The van der Waals surface area contributed by atoms with Gasteiger partial charge in [-0.3, -0.25) is 5.41 Å². The number of fused-ring (bicyclic) bond motifs is 1. The summed E-state index contributed by atoms with van der Waals surface area (Å²) in [6.07, 6.45) is 2.80. The molecule has 0 spiro atoms. The van der Waals surface area contributed by atoms with Gasteiger partial charge >= 0.3 is 0 Å². The third-order valence-corrected chi connectivity index (χ3v) is 3.88. The Morgan fingerprint density at radius 1 is 1.35 bits per heavy atom. The van der Waals surface area contributed by atoms with E-state index < -0.39 is 0 Å². The highest BCUT2D eigenvalue weighted by Gasteiger charge is 2.44. The first kappa shape index (κ1) is 12.9. The van der Waals surface area contributed by atoms with Gasteiger partial charge in [0.15, 0.2) is 0 Å². The van der Waals surface area contributed by atoms with Crippen LogP contribution >= 0.6 is 0 Å². The average molecular weight is 269 g/mol. The van der Waals surface area contributed by atoms with Crippen LogP contribution in [0.2, 0.25) is 0 Å². The topological polar surface area (TPSA) is 72.0 Å². The lowest BCUT2D eigenvalue weighted by Crippen LogP contribution is -2.21. The van der Waals surface area contributed by atoms with Crippen molar-refractivity contribution in [3.05, 3.63) is 36.0 Å². The first-order chi connectivity index (χ1) is 9.58. The lowest BCUT2D eigenvalue weighted by Gasteiger charge is -2.16. The Labute approximate surface area is 118 Å². The number of ether oxygens (including phenoxy) is 1. The zero-order valence-electron chi connectivity index (χ0n) is 11.6. The average Bonchev–Trinajstić information content (AvgIpc) is 3.15. The quantitative estimate of drug-likeness (QED) is 0.647. The van der Waals surface area contributed by atoms with Crippen LogP contribution in [-0.2, 0) is 0 Å². The van der Waals surface area contributed by atoms with Gasteiger partial charge in [-0.25, -0.2) is 4.98 Å². The van der Waals surface area contributed by atoms with Crippen LogP contribution in [0.4, 0.5) is 0 Å². The smallest absolute Gasteiger partial charge is 0.145 e. The van der Waals surface area contributed by atoms with Crippen molar-refractivity contribution in [1.82, 2.24) is 4.98 Å². The zero-order chi connectivity index (χ0) is 14.2. The summed E-state index contributed by atoms with van der Waals surface area (Å²) < 4.78 is 5.99. The molecule has 104 valence electrons. The molecule has 0 saturated heterocycles. The number of nitrogens with two attached hydrogens (primary N) is 1. The van der Waals surface area contributed by atoms with Crippen LogP contribution in [0.5, 0.6) is 5.75 Å². The Morgan fingerprint density at radius 3 is 2.85 bits per heavy atom. The Bertz CT molecular complexity index is 662. The SMILES string of the molecule is Cc1ccc2cccc(OCC3(CC(=N)N)CC3)c2n1. The Morgan fingerprint density at radius 2 is 2.15 bits per heavy atom. The van der Waals surface area contributed by atoms with Crippen LogP contribution < -0.4 is 10.5 Å². The number of hydrogen-bond acceptors (Lipinski definition) is 3. The second-order valence-electron chi connectivity index (χ2n) is 5.77. The van der Waals surface area contributed by atoms with E-state index in [1.807, 2.05) is 31.2 Å². The van der Waals surface area contributed by atoms with Crippen molar-refractivity contribution in [2.24, 2.45) is 11.1 Å². The van der Waals surface area contributed by atoms with Crippen molar-refractivity contribution < 1.29 is 4.74 Å². The van der Waals surface area contributed by atoms with Crippen molar-refractivity contribution in [2.45, 2.75) is 26.2 Å². The molecule has 1 heterocycles. The number of para-hydroxylation sites is 1. The molecule has 0 radical (unpaired) electrons. The van der Waals surface area contributed by atoms with Gasteiger partial charge in [-0.2, -0.15) is 0 Å². The summed E-state index contributed by atoms with van der Waals surface area (Å²) in [5, 5.41) is 8.53. The standard InChI is InChI=1S/C16H19N3O/c1-11-5-6-12-3-2-4-13(15(12)19-11)20-10-16(7-8-16)9-14(17)18/h2-6H,7-10H2,1H3,(H3,17,18). The highest BCUT2D eigenvalue weighted by molar-refractivity contribution is 5.84. The van der Waals surface area contributed by atoms with E-state index >= 15 is 0 Å². The molecule has 1 fully saturated rings. The summed E-state index contributed by atoms with van der Waals surface area (Å²) in [4.78, 5) is 4.57. The molecular formula is C16H19N3O. The Hall–Kier alpha value is -2.10. The molecule has 0 amide bonds. The molecule has 4 heteroatoms. The maximum absolute atomic E-state index is 7.44. The van der Waals surface area contributed by atoms with Gasteiger partial charge < -0.3 is 10.5 Å². The van der Waals surface area contributed by atoms with E-state index in [4.69, 9.17) is 15.9 Å². The number of amidine groups is 1. The van der Waals surface area contributed by atoms with Gasteiger partial charge in [0, 0.05) is 22.9 Å². The fourth-order valence-corrected chi connectivity index (χ4v) is 2.52. The highest BCUT2D eigenvalue weighted by Crippen LogP contribution is 2.49. The van der Waals surface area contributed by atoms with Crippen LogP contribution in [0.3, 0.4) is 0 Å². The molecule has 0 bridgehead atoms. The molecular weight excluding hydrogens is 250 g/mol. The molecule has 3 N–H and O–H groups in total. The molecule has 2 aromatic rings. The number of hydrogen-bond donors (Lipinski definition) is 2. The summed E-state index contributed by atoms with van der Waals surface area (Å²) >= 11 is 0. The molecule has 0 aliphatic heterocycles. The molecule has 3 rings (SSSR count). The maximum atomic E-state index is 7.44. The van der Waals surface area contributed by atoms with E-state index in [2.05, 4.69) is 11.1 Å². The minimum Gasteiger partial charge on any atom is -0.491 e. The van der Waals surface area contributed by atoms with Crippen molar-refractivity contribution in [3.8, 4) is 5.75 Å². The van der Waals surface area contributed by atoms with Crippen LogP contribution in [0.1, 0.15) is 25.0 Å². The van der Waals surface area contributed by atoms with Crippen LogP contribution in [-0.4, -0.2) is 17.4 Å². The number of aromatic nitrogens is 1. The third-order valence-electron chi connectivity index (χ3n) is 3.88. The van der Waals surface area contributed by atoms with Crippen molar-refractivity contribution in [3.63, 3.8) is 0 Å². The lowest BCUT2D eigenvalue weighted by molar-refractivity contribution is 0.240.